The topological polar surface area (TPSA) is 40.6 Å². The van der Waals surface area contributed by atoms with Gasteiger partial charge < -0.3 is 9.80 Å². The smallest absolute Gasteiger partial charge is 0.242 e. The predicted octanol–water partition coefficient (Wildman–Crippen LogP) is 4.87. The summed E-state index contributed by atoms with van der Waals surface area (Å²) in [5, 5.41) is 1.97. The van der Waals surface area contributed by atoms with E-state index < -0.39 is 0 Å². The molecule has 2 amide bonds. The molecule has 6 heteroatoms. The highest BCUT2D eigenvalue weighted by Gasteiger charge is 2.24. The van der Waals surface area contributed by atoms with Crippen molar-refractivity contribution >= 4 is 23.2 Å². The van der Waals surface area contributed by atoms with Crippen molar-refractivity contribution in [1.29, 1.82) is 0 Å². The van der Waals surface area contributed by atoms with Crippen LogP contribution in [0.3, 0.4) is 0 Å². The van der Waals surface area contributed by atoms with E-state index in [2.05, 4.69) is 6.58 Å². The zero-order chi connectivity index (χ0) is 21.4. The Labute approximate surface area is 176 Å². The van der Waals surface area contributed by atoms with Crippen LogP contribution >= 0.6 is 11.3 Å². The molecule has 2 aromatic rings. The lowest BCUT2D eigenvalue weighted by atomic mass is 9.91. The molecule has 156 valence electrons. The molecule has 0 unspecified atom stereocenters. The first-order valence-corrected chi connectivity index (χ1v) is 10.5. The summed E-state index contributed by atoms with van der Waals surface area (Å²) in [4.78, 5) is 30.1. The number of benzene rings is 1. The van der Waals surface area contributed by atoms with Gasteiger partial charge in [-0.15, -0.1) is 17.9 Å². The fourth-order valence-electron chi connectivity index (χ4n) is 2.87. The minimum Gasteiger partial charge on any atom is -0.332 e. The normalized spacial score (nSPS) is 11.2. The Morgan fingerprint density at radius 1 is 1.07 bits per heavy atom. The third kappa shape index (κ3) is 7.81. The molecule has 0 saturated carbocycles. The fourth-order valence-corrected chi connectivity index (χ4v) is 3.59. The maximum absolute atomic E-state index is 13.2. The molecule has 2 rings (SSSR count). The standard InChI is InChI=1S/C23H29FN2O2S/c1-5-12-25(21(27)14-23(2,3)4)17-22(28)26(16-20-7-6-13-29-20)15-18-8-10-19(24)11-9-18/h5-11,13H,1,12,14-17H2,2-4H3. The van der Waals surface area contributed by atoms with Crippen LogP contribution in [-0.4, -0.2) is 34.7 Å². The second kappa shape index (κ2) is 10.3. The molecule has 0 aliphatic heterocycles. The van der Waals surface area contributed by atoms with Gasteiger partial charge in [0, 0.05) is 24.4 Å². The van der Waals surface area contributed by atoms with Gasteiger partial charge in [-0.2, -0.15) is 0 Å². The Kier molecular flexibility index (Phi) is 8.14. The minimum atomic E-state index is -0.310. The van der Waals surface area contributed by atoms with Crippen molar-refractivity contribution in [3.63, 3.8) is 0 Å². The molecule has 29 heavy (non-hydrogen) atoms. The zero-order valence-electron chi connectivity index (χ0n) is 17.4. The molecule has 0 N–H and O–H groups in total. The van der Waals surface area contributed by atoms with Crippen LogP contribution in [-0.2, 0) is 22.7 Å². The predicted molar refractivity (Wildman–Crippen MR) is 116 cm³/mol. The Balaban J connectivity index is 2.16. The van der Waals surface area contributed by atoms with E-state index in [-0.39, 0.29) is 29.6 Å². The third-order valence-electron chi connectivity index (χ3n) is 4.28. The molecular formula is C23H29FN2O2S. The number of amides is 2. The van der Waals surface area contributed by atoms with E-state index in [4.69, 9.17) is 0 Å². The highest BCUT2D eigenvalue weighted by atomic mass is 32.1. The van der Waals surface area contributed by atoms with Crippen LogP contribution in [0.15, 0.2) is 54.4 Å². The number of carbonyl (C=O) groups excluding carboxylic acids is 2. The van der Waals surface area contributed by atoms with Crippen molar-refractivity contribution in [2.24, 2.45) is 5.41 Å². The van der Waals surface area contributed by atoms with E-state index in [0.29, 0.717) is 26.1 Å². The summed E-state index contributed by atoms with van der Waals surface area (Å²) >= 11 is 1.57. The van der Waals surface area contributed by atoms with Crippen molar-refractivity contribution in [2.45, 2.75) is 40.3 Å². The number of halogens is 1. The van der Waals surface area contributed by atoms with E-state index in [1.807, 2.05) is 38.3 Å². The molecular weight excluding hydrogens is 387 g/mol. The number of carbonyl (C=O) groups is 2. The Morgan fingerprint density at radius 3 is 2.31 bits per heavy atom. The van der Waals surface area contributed by atoms with Gasteiger partial charge in [0.2, 0.25) is 11.8 Å². The maximum Gasteiger partial charge on any atom is 0.242 e. The summed E-state index contributed by atoms with van der Waals surface area (Å²) in [6, 6.07) is 10.0. The van der Waals surface area contributed by atoms with E-state index in [1.165, 1.54) is 12.1 Å². The monoisotopic (exact) mass is 416 g/mol. The van der Waals surface area contributed by atoms with Crippen molar-refractivity contribution in [2.75, 3.05) is 13.1 Å². The first-order chi connectivity index (χ1) is 13.7. The lowest BCUT2D eigenvalue weighted by molar-refractivity contribution is -0.141. The minimum absolute atomic E-state index is 0.00645. The number of hydrogen-bond acceptors (Lipinski definition) is 3. The molecule has 0 aliphatic carbocycles. The van der Waals surface area contributed by atoms with Crippen LogP contribution in [0, 0.1) is 11.2 Å². The molecule has 0 atom stereocenters. The number of rotatable bonds is 9. The molecule has 4 nitrogen and oxygen atoms in total. The summed E-state index contributed by atoms with van der Waals surface area (Å²) < 4.78 is 13.2. The summed E-state index contributed by atoms with van der Waals surface area (Å²) in [5.74, 6) is -0.523. The van der Waals surface area contributed by atoms with E-state index in [9.17, 15) is 14.0 Å². The molecule has 0 saturated heterocycles. The van der Waals surface area contributed by atoms with Gasteiger partial charge in [-0.05, 0) is 34.6 Å². The number of hydrogen-bond donors (Lipinski definition) is 0. The molecule has 0 spiro atoms. The molecule has 1 aromatic heterocycles. The summed E-state index contributed by atoms with van der Waals surface area (Å²) in [6.45, 7) is 10.8. The molecule has 1 aromatic carbocycles. The van der Waals surface area contributed by atoms with Crippen LogP contribution in [0.2, 0.25) is 0 Å². The average molecular weight is 417 g/mol. The van der Waals surface area contributed by atoms with Crippen LogP contribution in [0.25, 0.3) is 0 Å². The van der Waals surface area contributed by atoms with Crippen molar-refractivity contribution in [3.05, 3.63) is 70.7 Å². The molecule has 0 bridgehead atoms. The van der Waals surface area contributed by atoms with Gasteiger partial charge in [-0.25, -0.2) is 4.39 Å². The van der Waals surface area contributed by atoms with E-state index in [1.54, 1.807) is 39.3 Å². The summed E-state index contributed by atoms with van der Waals surface area (Å²) in [5.41, 5.74) is 0.678. The zero-order valence-corrected chi connectivity index (χ0v) is 18.2. The quantitative estimate of drug-likeness (QED) is 0.548. The maximum atomic E-state index is 13.2. The number of thiophene rings is 1. The van der Waals surface area contributed by atoms with Gasteiger partial charge in [0.25, 0.3) is 0 Å². The van der Waals surface area contributed by atoms with Gasteiger partial charge in [0.15, 0.2) is 0 Å². The van der Waals surface area contributed by atoms with E-state index in [0.717, 1.165) is 10.4 Å². The van der Waals surface area contributed by atoms with Crippen LogP contribution in [0.5, 0.6) is 0 Å². The highest BCUT2D eigenvalue weighted by molar-refractivity contribution is 7.09. The largest absolute Gasteiger partial charge is 0.332 e. The lowest BCUT2D eigenvalue weighted by Gasteiger charge is -2.29. The van der Waals surface area contributed by atoms with Crippen LogP contribution < -0.4 is 0 Å². The molecule has 0 aliphatic rings. The van der Waals surface area contributed by atoms with Crippen molar-refractivity contribution < 1.29 is 14.0 Å². The van der Waals surface area contributed by atoms with Crippen LogP contribution in [0.4, 0.5) is 4.39 Å². The van der Waals surface area contributed by atoms with Crippen molar-refractivity contribution in [3.8, 4) is 0 Å². The second-order valence-electron chi connectivity index (χ2n) is 8.26. The first kappa shape index (κ1) is 22.8. The van der Waals surface area contributed by atoms with Gasteiger partial charge in [-0.1, -0.05) is 45.0 Å². The molecule has 0 radical (unpaired) electrons. The molecule has 1 heterocycles. The average Bonchev–Trinajstić information content (AvgIpc) is 3.14. The Morgan fingerprint density at radius 2 is 1.76 bits per heavy atom. The lowest BCUT2D eigenvalue weighted by Crippen LogP contribution is -2.43. The van der Waals surface area contributed by atoms with Gasteiger partial charge in [0.1, 0.15) is 12.4 Å². The summed E-state index contributed by atoms with van der Waals surface area (Å²) in [7, 11) is 0. The molecule has 0 fully saturated rings. The first-order valence-electron chi connectivity index (χ1n) is 9.61. The van der Waals surface area contributed by atoms with Crippen LogP contribution in [0.1, 0.15) is 37.6 Å². The summed E-state index contributed by atoms with van der Waals surface area (Å²) in [6.07, 6.45) is 1.99. The van der Waals surface area contributed by atoms with Gasteiger partial charge in [0.05, 0.1) is 6.54 Å². The second-order valence-corrected chi connectivity index (χ2v) is 9.29. The van der Waals surface area contributed by atoms with Gasteiger partial charge in [-0.3, -0.25) is 9.59 Å². The van der Waals surface area contributed by atoms with Gasteiger partial charge >= 0.3 is 0 Å². The van der Waals surface area contributed by atoms with Crippen molar-refractivity contribution in [1.82, 2.24) is 9.80 Å². The SMILES string of the molecule is C=CCN(CC(=O)N(Cc1ccc(F)cc1)Cc1cccs1)C(=O)CC(C)(C)C. The number of nitrogens with zero attached hydrogens (tertiary/aromatic N) is 2. The third-order valence-corrected chi connectivity index (χ3v) is 5.14. The Hall–Kier alpha value is -2.47. The fraction of sp³-hybridized carbons (Fsp3) is 0.391. The highest BCUT2D eigenvalue weighted by Crippen LogP contribution is 2.20. The van der Waals surface area contributed by atoms with E-state index >= 15 is 0 Å². The Bertz CT molecular complexity index is 810.